The Morgan fingerprint density at radius 3 is 2.61 bits per heavy atom. The summed E-state index contributed by atoms with van der Waals surface area (Å²) in [6, 6.07) is 11.0. The third kappa shape index (κ3) is 4.63. The Morgan fingerprint density at radius 2 is 1.82 bits per heavy atom. The van der Waals surface area contributed by atoms with Gasteiger partial charge in [-0.25, -0.2) is 13.5 Å². The van der Waals surface area contributed by atoms with Gasteiger partial charge in [0.15, 0.2) is 11.6 Å². The van der Waals surface area contributed by atoms with Crippen molar-refractivity contribution in [3.05, 3.63) is 70.6 Å². The predicted molar refractivity (Wildman–Crippen MR) is 121 cm³/mol. The van der Waals surface area contributed by atoms with Gasteiger partial charge in [0.25, 0.3) is 5.56 Å². The lowest BCUT2D eigenvalue weighted by atomic mass is 9.95. The third-order valence-electron chi connectivity index (χ3n) is 6.01. The average molecular weight is 451 g/mol. The van der Waals surface area contributed by atoms with Crippen LogP contribution in [0.2, 0.25) is 0 Å². The van der Waals surface area contributed by atoms with Crippen LogP contribution >= 0.6 is 0 Å². The Balaban J connectivity index is 1.30. The van der Waals surface area contributed by atoms with Crippen molar-refractivity contribution >= 4 is 10.9 Å². The highest BCUT2D eigenvalue weighted by molar-refractivity contribution is 5.82. The lowest BCUT2D eigenvalue weighted by molar-refractivity contribution is 0.252. The van der Waals surface area contributed by atoms with Gasteiger partial charge in [-0.15, -0.1) is 5.10 Å². The third-order valence-corrected chi connectivity index (χ3v) is 6.01. The number of H-pyrrole nitrogens is 1. The van der Waals surface area contributed by atoms with Crippen molar-refractivity contribution in [3.63, 3.8) is 0 Å². The second kappa shape index (κ2) is 9.11. The van der Waals surface area contributed by atoms with E-state index in [1.807, 2.05) is 24.3 Å². The number of piperidine rings is 1. The minimum Gasteiger partial charge on any atom is -0.494 e. The van der Waals surface area contributed by atoms with Crippen LogP contribution in [-0.2, 0) is 0 Å². The number of fused-ring (bicyclic) bond motifs is 1. The molecule has 0 atom stereocenters. The van der Waals surface area contributed by atoms with Crippen LogP contribution in [0.4, 0.5) is 8.78 Å². The number of halogens is 2. The van der Waals surface area contributed by atoms with Crippen LogP contribution in [-0.4, -0.2) is 39.7 Å². The molecule has 1 fully saturated rings. The van der Waals surface area contributed by atoms with Crippen molar-refractivity contribution in [2.75, 3.05) is 19.7 Å². The van der Waals surface area contributed by atoms with Gasteiger partial charge in [0.2, 0.25) is 0 Å². The second-order valence-electron chi connectivity index (χ2n) is 8.24. The fourth-order valence-corrected chi connectivity index (χ4v) is 4.11. The molecular weight excluding hydrogens is 428 g/mol. The smallest absolute Gasteiger partial charge is 0.258 e. The molecule has 0 unspecified atom stereocenters. The van der Waals surface area contributed by atoms with Gasteiger partial charge >= 0.3 is 0 Å². The number of aromatic nitrogens is 4. The van der Waals surface area contributed by atoms with E-state index < -0.39 is 17.2 Å². The maximum Gasteiger partial charge on any atom is 0.258 e. The minimum atomic E-state index is -1.02. The number of aromatic amines is 1. The molecule has 7 nitrogen and oxygen atoms in total. The summed E-state index contributed by atoms with van der Waals surface area (Å²) in [6.45, 7) is 2.85. The molecule has 1 saturated heterocycles. The maximum atomic E-state index is 13.6. The number of rotatable bonds is 6. The first-order chi connectivity index (χ1) is 16.1. The van der Waals surface area contributed by atoms with Crippen molar-refractivity contribution in [1.29, 1.82) is 0 Å². The van der Waals surface area contributed by atoms with Crippen LogP contribution < -0.4 is 15.6 Å². The highest BCUT2D eigenvalue weighted by atomic mass is 19.2. The molecule has 0 saturated carbocycles. The number of nitrogens with one attached hydrogen (secondary N) is 2. The van der Waals surface area contributed by atoms with E-state index in [1.165, 1.54) is 18.9 Å². The fourth-order valence-electron chi connectivity index (χ4n) is 4.11. The molecule has 2 N–H and O–H groups in total. The van der Waals surface area contributed by atoms with Gasteiger partial charge in [-0.05, 0) is 74.7 Å². The number of ether oxygens (including phenoxy) is 1. The zero-order chi connectivity index (χ0) is 22.8. The summed E-state index contributed by atoms with van der Waals surface area (Å²) >= 11 is 0. The first kappa shape index (κ1) is 21.3. The molecule has 0 aliphatic carbocycles. The van der Waals surface area contributed by atoms with E-state index >= 15 is 0 Å². The molecule has 9 heteroatoms. The van der Waals surface area contributed by atoms with Crippen LogP contribution in [0, 0.1) is 17.6 Å². The zero-order valence-electron chi connectivity index (χ0n) is 17.9. The molecular formula is C24H23F2N5O2. The molecule has 33 heavy (non-hydrogen) atoms. The molecule has 170 valence electrons. The topological polar surface area (TPSA) is 84.8 Å². The molecule has 1 aliphatic heterocycles. The molecule has 4 aromatic rings. The number of hydrogen-bond donors (Lipinski definition) is 2. The predicted octanol–water partition coefficient (Wildman–Crippen LogP) is 3.82. The Hall–Kier alpha value is -3.59. The molecule has 5 rings (SSSR count). The van der Waals surface area contributed by atoms with Gasteiger partial charge in [0.1, 0.15) is 11.4 Å². The molecule has 2 aromatic heterocycles. The molecule has 0 radical (unpaired) electrons. The fraction of sp³-hybridized carbons (Fsp3) is 0.292. The van der Waals surface area contributed by atoms with E-state index in [2.05, 4.69) is 20.6 Å². The first-order valence-electron chi connectivity index (χ1n) is 11.0. The number of pyridine rings is 1. The van der Waals surface area contributed by atoms with E-state index in [-0.39, 0.29) is 11.1 Å². The van der Waals surface area contributed by atoms with E-state index in [0.717, 1.165) is 43.1 Å². The highest BCUT2D eigenvalue weighted by Gasteiger charge is 2.14. The summed E-state index contributed by atoms with van der Waals surface area (Å²) < 4.78 is 34.5. The highest BCUT2D eigenvalue weighted by Crippen LogP contribution is 2.22. The Morgan fingerprint density at radius 1 is 1.06 bits per heavy atom. The van der Waals surface area contributed by atoms with Crippen molar-refractivity contribution in [2.24, 2.45) is 5.92 Å². The summed E-state index contributed by atoms with van der Waals surface area (Å²) in [5.74, 6) is -0.501. The minimum absolute atomic E-state index is 0.214. The van der Waals surface area contributed by atoms with Crippen molar-refractivity contribution < 1.29 is 13.5 Å². The molecule has 3 heterocycles. The quantitative estimate of drug-likeness (QED) is 0.466. The molecule has 0 bridgehead atoms. The van der Waals surface area contributed by atoms with Gasteiger partial charge in [-0.1, -0.05) is 5.21 Å². The van der Waals surface area contributed by atoms with Gasteiger partial charge in [-0.3, -0.25) is 4.79 Å². The standard InChI is InChI=1S/C24H23F2N5O2/c25-20-12-16-11-19(24(32)28-22(16)13-21(20)26)23-14-31(30-29-23)17-1-3-18(4-2-17)33-10-7-15-5-8-27-9-6-15/h1-4,11-15,27H,5-10H2,(H,28,32). The normalized spacial score (nSPS) is 14.6. The van der Waals surface area contributed by atoms with Crippen LogP contribution in [0.5, 0.6) is 5.75 Å². The van der Waals surface area contributed by atoms with E-state index in [0.29, 0.717) is 23.6 Å². The summed E-state index contributed by atoms with van der Waals surface area (Å²) in [4.78, 5) is 15.0. The summed E-state index contributed by atoms with van der Waals surface area (Å²) in [5, 5.41) is 11.9. The molecule has 0 spiro atoms. The Kier molecular flexibility index (Phi) is 5.87. The first-order valence-corrected chi connectivity index (χ1v) is 11.0. The van der Waals surface area contributed by atoms with Gasteiger partial charge in [0.05, 0.1) is 29.6 Å². The number of hydrogen-bond acceptors (Lipinski definition) is 5. The van der Waals surface area contributed by atoms with Gasteiger partial charge in [0, 0.05) is 11.5 Å². The summed E-state index contributed by atoms with van der Waals surface area (Å²) in [5.41, 5.74) is 1.05. The SMILES string of the molecule is O=c1[nH]c2cc(F)c(F)cc2cc1-c1cn(-c2ccc(OCCC3CCNCC3)cc2)nn1. The Labute approximate surface area is 188 Å². The van der Waals surface area contributed by atoms with E-state index in [9.17, 15) is 13.6 Å². The van der Waals surface area contributed by atoms with Gasteiger partial charge < -0.3 is 15.0 Å². The van der Waals surface area contributed by atoms with E-state index in [1.54, 1.807) is 10.9 Å². The summed E-state index contributed by atoms with van der Waals surface area (Å²) in [7, 11) is 0. The van der Waals surface area contributed by atoms with Crippen molar-refractivity contribution in [1.82, 2.24) is 25.3 Å². The van der Waals surface area contributed by atoms with Crippen molar-refractivity contribution in [3.8, 4) is 22.7 Å². The van der Waals surface area contributed by atoms with Crippen LogP contribution in [0.15, 0.2) is 53.5 Å². The monoisotopic (exact) mass is 451 g/mol. The Bertz CT molecular complexity index is 1330. The number of nitrogens with zero attached hydrogens (tertiary/aromatic N) is 3. The van der Waals surface area contributed by atoms with Crippen LogP contribution in [0.25, 0.3) is 27.8 Å². The molecule has 2 aromatic carbocycles. The largest absolute Gasteiger partial charge is 0.494 e. The lowest BCUT2D eigenvalue weighted by Crippen LogP contribution is -2.28. The van der Waals surface area contributed by atoms with Gasteiger partial charge in [-0.2, -0.15) is 0 Å². The second-order valence-corrected chi connectivity index (χ2v) is 8.24. The van der Waals surface area contributed by atoms with Crippen molar-refractivity contribution in [2.45, 2.75) is 19.3 Å². The molecule has 0 amide bonds. The number of benzene rings is 2. The van der Waals surface area contributed by atoms with E-state index in [4.69, 9.17) is 4.74 Å². The average Bonchev–Trinajstić information content (AvgIpc) is 3.31. The molecule has 1 aliphatic rings. The van der Waals surface area contributed by atoms with Crippen LogP contribution in [0.1, 0.15) is 19.3 Å². The van der Waals surface area contributed by atoms with Crippen LogP contribution in [0.3, 0.4) is 0 Å². The zero-order valence-corrected chi connectivity index (χ0v) is 17.9. The maximum absolute atomic E-state index is 13.6. The summed E-state index contributed by atoms with van der Waals surface area (Å²) in [6.07, 6.45) is 5.06. The lowest BCUT2D eigenvalue weighted by Gasteiger charge is -2.22.